The third kappa shape index (κ3) is 5.49. The minimum Gasteiger partial charge on any atom is -0.491 e. The van der Waals surface area contributed by atoms with Gasteiger partial charge in [-0.25, -0.2) is 0 Å². The quantitative estimate of drug-likeness (QED) is 0.368. The van der Waals surface area contributed by atoms with E-state index in [2.05, 4.69) is 18.7 Å². The Morgan fingerprint density at radius 2 is 1.69 bits per heavy atom. The van der Waals surface area contributed by atoms with Gasteiger partial charge in [-0.3, -0.25) is 14.4 Å². The molecule has 0 fully saturated rings. The van der Waals surface area contributed by atoms with Crippen molar-refractivity contribution in [3.05, 3.63) is 62.4 Å². The van der Waals surface area contributed by atoms with Crippen LogP contribution in [0.15, 0.2) is 35.1 Å². The van der Waals surface area contributed by atoms with Gasteiger partial charge in [0.15, 0.2) is 11.5 Å². The molecule has 188 valence electrons. The van der Waals surface area contributed by atoms with Crippen LogP contribution in [0.4, 0.5) is 0 Å². The Hall–Kier alpha value is -2.97. The van der Waals surface area contributed by atoms with Crippen molar-refractivity contribution in [1.29, 1.82) is 0 Å². The van der Waals surface area contributed by atoms with Crippen molar-refractivity contribution in [2.24, 2.45) is 0 Å². The molecule has 7 nitrogen and oxygen atoms in total. The molecule has 3 aromatic rings. The van der Waals surface area contributed by atoms with E-state index in [-0.39, 0.29) is 23.8 Å². The molecule has 1 amide bonds. The van der Waals surface area contributed by atoms with E-state index < -0.39 is 0 Å². The number of hydrogen-bond acceptors (Lipinski definition) is 6. The van der Waals surface area contributed by atoms with Crippen LogP contribution >= 0.6 is 11.3 Å². The average molecular weight is 498 g/mol. The smallest absolute Gasteiger partial charge is 0.267 e. The van der Waals surface area contributed by atoms with E-state index in [0.29, 0.717) is 40.4 Å². The number of carbonyl (C=O) groups is 2. The zero-order valence-electron chi connectivity index (χ0n) is 21.5. The molecule has 0 saturated heterocycles. The number of thiophene rings is 1. The lowest BCUT2D eigenvalue weighted by atomic mass is 10.1. The number of pyridine rings is 1. The van der Waals surface area contributed by atoms with Gasteiger partial charge in [0.1, 0.15) is 10.3 Å². The summed E-state index contributed by atoms with van der Waals surface area (Å²) in [5.74, 6) is 0.0153. The summed E-state index contributed by atoms with van der Waals surface area (Å²) in [6.45, 7) is 13.2. The van der Waals surface area contributed by atoms with Crippen molar-refractivity contribution in [3.63, 3.8) is 0 Å². The van der Waals surface area contributed by atoms with Gasteiger partial charge in [-0.15, -0.1) is 11.3 Å². The molecule has 0 unspecified atom stereocenters. The van der Waals surface area contributed by atoms with Crippen molar-refractivity contribution in [2.45, 2.75) is 41.2 Å². The highest BCUT2D eigenvalue weighted by Crippen LogP contribution is 2.39. The van der Waals surface area contributed by atoms with Gasteiger partial charge in [0, 0.05) is 36.1 Å². The van der Waals surface area contributed by atoms with E-state index in [1.807, 2.05) is 26.8 Å². The highest BCUT2D eigenvalue weighted by atomic mass is 32.1. The molecule has 35 heavy (non-hydrogen) atoms. The first-order chi connectivity index (χ1) is 16.7. The summed E-state index contributed by atoms with van der Waals surface area (Å²) in [7, 11) is 1.78. The SMILES string of the molecule is CCOc1c(C(=O)N(C)CCN(CC)CC)sc2c(C)c(C)n(CC(=O)c3ccccc3)c(=O)c12. The van der Waals surface area contributed by atoms with E-state index in [9.17, 15) is 14.4 Å². The van der Waals surface area contributed by atoms with Crippen LogP contribution in [0.25, 0.3) is 10.1 Å². The van der Waals surface area contributed by atoms with Crippen molar-refractivity contribution in [2.75, 3.05) is 39.8 Å². The van der Waals surface area contributed by atoms with Crippen LogP contribution < -0.4 is 10.3 Å². The number of Topliss-reactive ketones (excluding diaryl/α,β-unsaturated/α-hetero) is 1. The topological polar surface area (TPSA) is 71.8 Å². The maximum atomic E-state index is 13.7. The summed E-state index contributed by atoms with van der Waals surface area (Å²) in [6.07, 6.45) is 0. The molecule has 0 bridgehead atoms. The Labute approximate surface area is 210 Å². The Bertz CT molecular complexity index is 1260. The standard InChI is InChI=1S/C27H35N3O4S/c1-7-29(8-2)16-15-28(6)27(33)25-23(34-9-3)22-24(35-25)18(4)19(5)30(26(22)32)17-21(31)20-13-11-10-12-14-20/h10-14H,7-9,15-17H2,1-6H3. The normalized spacial score (nSPS) is 11.3. The number of amides is 1. The molecule has 0 spiro atoms. The Balaban J connectivity index is 2.06. The predicted octanol–water partition coefficient (Wildman–Crippen LogP) is 4.38. The number of carbonyl (C=O) groups excluding carboxylic acids is 2. The Morgan fingerprint density at radius 3 is 2.29 bits per heavy atom. The number of benzene rings is 1. The molecule has 8 heteroatoms. The summed E-state index contributed by atoms with van der Waals surface area (Å²) >= 11 is 1.30. The van der Waals surface area contributed by atoms with Crippen molar-refractivity contribution >= 4 is 33.1 Å². The van der Waals surface area contributed by atoms with Crippen LogP contribution in [0.1, 0.15) is 52.1 Å². The maximum absolute atomic E-state index is 13.7. The number of aryl methyl sites for hydroxylation is 1. The van der Waals surface area contributed by atoms with E-state index in [4.69, 9.17) is 4.74 Å². The van der Waals surface area contributed by atoms with Gasteiger partial charge >= 0.3 is 0 Å². The zero-order valence-corrected chi connectivity index (χ0v) is 22.3. The monoisotopic (exact) mass is 497 g/mol. The molecule has 0 N–H and O–H groups in total. The fourth-order valence-corrected chi connectivity index (χ4v) is 5.39. The van der Waals surface area contributed by atoms with Crippen molar-refractivity contribution < 1.29 is 14.3 Å². The maximum Gasteiger partial charge on any atom is 0.267 e. The molecule has 0 aliphatic heterocycles. The highest BCUT2D eigenvalue weighted by molar-refractivity contribution is 7.21. The molecule has 0 radical (unpaired) electrons. The number of aromatic nitrogens is 1. The molecule has 0 saturated carbocycles. The molecular formula is C27H35N3O4S. The number of rotatable bonds is 11. The van der Waals surface area contributed by atoms with Gasteiger partial charge < -0.3 is 19.1 Å². The number of hydrogen-bond donors (Lipinski definition) is 0. The number of ketones is 1. The minimum atomic E-state index is -0.308. The van der Waals surface area contributed by atoms with Crippen LogP contribution in [-0.4, -0.2) is 65.9 Å². The second-order valence-electron chi connectivity index (χ2n) is 8.54. The lowest BCUT2D eigenvalue weighted by Gasteiger charge is -2.23. The number of nitrogens with zero attached hydrogens (tertiary/aromatic N) is 3. The molecule has 2 aromatic heterocycles. The van der Waals surface area contributed by atoms with Crippen LogP contribution in [0.5, 0.6) is 5.75 Å². The fraction of sp³-hybridized carbons (Fsp3) is 0.444. The summed E-state index contributed by atoms with van der Waals surface area (Å²) < 4.78 is 8.14. The predicted molar refractivity (Wildman–Crippen MR) is 142 cm³/mol. The van der Waals surface area contributed by atoms with Crippen LogP contribution in [0, 0.1) is 13.8 Å². The lowest BCUT2D eigenvalue weighted by molar-refractivity contribution is 0.0780. The van der Waals surface area contributed by atoms with Gasteiger partial charge in [0.2, 0.25) is 0 Å². The number of likely N-dealkylation sites (N-methyl/N-ethyl adjacent to an activating group) is 2. The van der Waals surface area contributed by atoms with Crippen LogP contribution in [0.2, 0.25) is 0 Å². The molecule has 2 heterocycles. The van der Waals surface area contributed by atoms with Crippen molar-refractivity contribution in [3.8, 4) is 5.75 Å². The summed E-state index contributed by atoms with van der Waals surface area (Å²) in [5.41, 5.74) is 1.83. The summed E-state index contributed by atoms with van der Waals surface area (Å²) in [6, 6.07) is 8.95. The second-order valence-corrected chi connectivity index (χ2v) is 9.56. The third-order valence-corrected chi connectivity index (χ3v) is 7.76. The van der Waals surface area contributed by atoms with Crippen LogP contribution in [-0.2, 0) is 6.54 Å². The van der Waals surface area contributed by atoms with E-state index >= 15 is 0 Å². The Kier molecular flexibility index (Phi) is 8.86. The first kappa shape index (κ1) is 26.6. The molecular weight excluding hydrogens is 462 g/mol. The molecule has 0 aliphatic carbocycles. The van der Waals surface area contributed by atoms with Crippen molar-refractivity contribution in [1.82, 2.24) is 14.4 Å². The number of fused-ring (bicyclic) bond motifs is 1. The lowest BCUT2D eigenvalue weighted by Crippen LogP contribution is -2.36. The van der Waals surface area contributed by atoms with E-state index in [1.165, 1.54) is 15.9 Å². The van der Waals surface area contributed by atoms with E-state index in [1.54, 1.807) is 36.2 Å². The van der Waals surface area contributed by atoms with Gasteiger partial charge in [-0.1, -0.05) is 44.2 Å². The van der Waals surface area contributed by atoms with Gasteiger partial charge in [-0.2, -0.15) is 0 Å². The molecule has 1 aromatic carbocycles. The first-order valence-electron chi connectivity index (χ1n) is 12.1. The third-order valence-electron chi connectivity index (χ3n) is 6.48. The van der Waals surface area contributed by atoms with Gasteiger partial charge in [-0.05, 0) is 39.4 Å². The second kappa shape index (κ2) is 11.6. The number of ether oxygens (including phenoxy) is 1. The molecule has 3 rings (SSSR count). The summed E-state index contributed by atoms with van der Waals surface area (Å²) in [5, 5.41) is 0.376. The van der Waals surface area contributed by atoms with E-state index in [0.717, 1.165) is 29.9 Å². The molecule has 0 aliphatic rings. The molecule has 0 atom stereocenters. The largest absolute Gasteiger partial charge is 0.491 e. The fourth-order valence-electron chi connectivity index (χ4n) is 4.11. The Morgan fingerprint density at radius 1 is 1.03 bits per heavy atom. The average Bonchev–Trinajstić information content (AvgIpc) is 3.25. The first-order valence-corrected chi connectivity index (χ1v) is 12.9. The zero-order chi connectivity index (χ0) is 25.7. The summed E-state index contributed by atoms with van der Waals surface area (Å²) in [4.78, 5) is 44.4. The van der Waals surface area contributed by atoms with Gasteiger partial charge in [0.25, 0.3) is 11.5 Å². The minimum absolute atomic E-state index is 0.0695. The van der Waals surface area contributed by atoms with Gasteiger partial charge in [0.05, 0.1) is 13.2 Å². The van der Waals surface area contributed by atoms with Crippen LogP contribution in [0.3, 0.4) is 0 Å². The highest BCUT2D eigenvalue weighted by Gasteiger charge is 2.27.